The summed E-state index contributed by atoms with van der Waals surface area (Å²) in [6.07, 6.45) is 3.58. The van der Waals surface area contributed by atoms with Crippen LogP contribution in [-0.4, -0.2) is 29.8 Å². The molecule has 1 amide bonds. The lowest BCUT2D eigenvalue weighted by molar-refractivity contribution is -0.119. The lowest BCUT2D eigenvalue weighted by Gasteiger charge is -2.23. The molecule has 1 heterocycles. The molecule has 1 aliphatic carbocycles. The van der Waals surface area contributed by atoms with Crippen LogP contribution in [0.4, 0.5) is 18.9 Å². The topological polar surface area (TPSA) is 89.5 Å². The number of aromatic nitrogens is 2. The Hall–Kier alpha value is -2.69. The number of rotatable bonds is 5. The Labute approximate surface area is 146 Å². The summed E-state index contributed by atoms with van der Waals surface area (Å²) in [5, 5.41) is 0. The molecule has 1 aromatic heterocycles. The number of benzene rings is 1. The highest BCUT2D eigenvalue weighted by atomic mass is 32.2. The number of hydrogen-bond donors (Lipinski definition) is 0. The quantitative estimate of drug-likeness (QED) is 0.784. The van der Waals surface area contributed by atoms with Crippen LogP contribution < -0.4 is 9.04 Å². The van der Waals surface area contributed by atoms with Crippen molar-refractivity contribution in [1.82, 2.24) is 9.97 Å². The van der Waals surface area contributed by atoms with Crippen LogP contribution in [0.2, 0.25) is 0 Å². The van der Waals surface area contributed by atoms with Crippen LogP contribution in [0.25, 0.3) is 0 Å². The summed E-state index contributed by atoms with van der Waals surface area (Å²) in [4.78, 5) is 19.8. The van der Waals surface area contributed by atoms with Gasteiger partial charge in [-0.1, -0.05) is 0 Å². The van der Waals surface area contributed by atoms with Crippen molar-refractivity contribution in [1.29, 1.82) is 0 Å². The van der Waals surface area contributed by atoms with E-state index in [0.717, 1.165) is 12.1 Å². The first-order valence-corrected chi connectivity index (χ1v) is 8.84. The molecule has 2 aromatic rings. The van der Waals surface area contributed by atoms with E-state index >= 15 is 0 Å². The highest BCUT2D eigenvalue weighted by Gasteiger charge is 2.54. The number of anilines is 1. The van der Waals surface area contributed by atoms with Crippen molar-refractivity contribution in [2.45, 2.75) is 18.3 Å². The maximum atomic E-state index is 13.0. The Balaban J connectivity index is 1.91. The van der Waals surface area contributed by atoms with Crippen LogP contribution in [0, 0.1) is 5.92 Å². The molecule has 138 valence electrons. The van der Waals surface area contributed by atoms with Gasteiger partial charge in [-0.25, -0.2) is 9.97 Å². The summed E-state index contributed by atoms with van der Waals surface area (Å²) in [6, 6.07) is 6.15. The van der Waals surface area contributed by atoms with Crippen LogP contribution in [-0.2, 0) is 14.8 Å². The van der Waals surface area contributed by atoms with Crippen LogP contribution in [0.3, 0.4) is 0 Å². The van der Waals surface area contributed by atoms with Gasteiger partial charge in [0.1, 0.15) is 5.75 Å². The number of ether oxygens (including phenoxy) is 1. The molecular weight excluding hydrogens is 375 g/mol. The van der Waals surface area contributed by atoms with Crippen LogP contribution in [0.5, 0.6) is 11.8 Å². The zero-order chi connectivity index (χ0) is 18.9. The molecule has 0 spiro atoms. The minimum atomic E-state index is -5.85. The van der Waals surface area contributed by atoms with E-state index in [-0.39, 0.29) is 16.1 Å². The van der Waals surface area contributed by atoms with Crippen molar-refractivity contribution in [2.75, 3.05) is 4.31 Å². The Bertz CT molecular complexity index is 898. The number of alkyl halides is 3. The fourth-order valence-electron chi connectivity index (χ4n) is 2.08. The van der Waals surface area contributed by atoms with E-state index in [4.69, 9.17) is 4.74 Å². The molecule has 3 rings (SSSR count). The number of carbonyl (C=O) groups is 1. The second-order valence-corrected chi connectivity index (χ2v) is 7.23. The predicted molar refractivity (Wildman–Crippen MR) is 83.7 cm³/mol. The summed E-state index contributed by atoms with van der Waals surface area (Å²) in [5.74, 6) is -1.65. The first kappa shape index (κ1) is 18.1. The van der Waals surface area contributed by atoms with Crippen LogP contribution in [0.1, 0.15) is 12.8 Å². The molecule has 11 heteroatoms. The molecule has 0 saturated heterocycles. The second-order valence-electron chi connectivity index (χ2n) is 5.46. The largest absolute Gasteiger partial charge is 0.517 e. The lowest BCUT2D eigenvalue weighted by atomic mass is 10.3. The second kappa shape index (κ2) is 6.56. The van der Waals surface area contributed by atoms with Gasteiger partial charge < -0.3 is 4.74 Å². The van der Waals surface area contributed by atoms with Gasteiger partial charge in [0.2, 0.25) is 5.91 Å². The molecular formula is C15H12F3N3O4S. The molecule has 0 radical (unpaired) electrons. The third kappa shape index (κ3) is 3.62. The molecule has 0 bridgehead atoms. The van der Waals surface area contributed by atoms with Crippen molar-refractivity contribution >= 4 is 21.6 Å². The fourth-order valence-corrected chi connectivity index (χ4v) is 3.07. The number of carbonyl (C=O) groups excluding carboxylic acids is 1. The van der Waals surface area contributed by atoms with E-state index in [0.29, 0.717) is 12.8 Å². The predicted octanol–water partition coefficient (Wildman–Crippen LogP) is 2.86. The maximum absolute atomic E-state index is 13.0. The van der Waals surface area contributed by atoms with Gasteiger partial charge in [-0.3, -0.25) is 4.79 Å². The molecule has 7 nitrogen and oxygen atoms in total. The minimum absolute atomic E-state index is 0.00840. The normalized spacial score (nSPS) is 14.7. The SMILES string of the molecule is O=C(C1CC1)N(c1ccc(Oc2ncccn2)cc1)S(=O)(=O)C(F)(F)F. The monoisotopic (exact) mass is 387 g/mol. The average Bonchev–Trinajstić information content (AvgIpc) is 3.41. The number of hydrogen-bond acceptors (Lipinski definition) is 6. The van der Waals surface area contributed by atoms with Gasteiger partial charge in [0.25, 0.3) is 0 Å². The molecule has 1 saturated carbocycles. The van der Waals surface area contributed by atoms with E-state index in [1.165, 1.54) is 24.5 Å². The lowest BCUT2D eigenvalue weighted by Crippen LogP contribution is -2.45. The van der Waals surface area contributed by atoms with Crippen molar-refractivity contribution in [3.05, 3.63) is 42.7 Å². The van der Waals surface area contributed by atoms with Crippen molar-refractivity contribution in [3.63, 3.8) is 0 Å². The zero-order valence-corrected chi connectivity index (χ0v) is 13.9. The van der Waals surface area contributed by atoms with Crippen LogP contribution >= 0.6 is 0 Å². The minimum Gasteiger partial charge on any atom is -0.424 e. The van der Waals surface area contributed by atoms with E-state index in [2.05, 4.69) is 9.97 Å². The maximum Gasteiger partial charge on any atom is 0.517 e. The van der Waals surface area contributed by atoms with Crippen molar-refractivity contribution < 1.29 is 31.1 Å². The summed E-state index contributed by atoms with van der Waals surface area (Å²) >= 11 is 0. The van der Waals surface area contributed by atoms with Crippen molar-refractivity contribution in [2.24, 2.45) is 5.92 Å². The highest BCUT2D eigenvalue weighted by molar-refractivity contribution is 7.94. The third-order valence-electron chi connectivity index (χ3n) is 3.48. The molecule has 0 atom stereocenters. The Morgan fingerprint density at radius 3 is 2.19 bits per heavy atom. The van der Waals surface area contributed by atoms with Crippen LogP contribution in [0.15, 0.2) is 42.7 Å². The Morgan fingerprint density at radius 1 is 1.12 bits per heavy atom. The van der Waals surface area contributed by atoms with Gasteiger partial charge in [-0.2, -0.15) is 25.9 Å². The van der Waals surface area contributed by atoms with Crippen molar-refractivity contribution in [3.8, 4) is 11.8 Å². The summed E-state index contributed by atoms with van der Waals surface area (Å²) in [5.41, 5.74) is -6.01. The summed E-state index contributed by atoms with van der Waals surface area (Å²) in [7, 11) is -5.85. The fraction of sp³-hybridized carbons (Fsp3) is 0.267. The number of halogens is 3. The van der Waals surface area contributed by atoms with E-state index in [1.54, 1.807) is 6.07 Å². The van der Waals surface area contributed by atoms with Gasteiger partial charge in [-0.15, -0.1) is 0 Å². The first-order chi connectivity index (χ1) is 12.2. The molecule has 1 aliphatic rings. The zero-order valence-electron chi connectivity index (χ0n) is 13.0. The number of nitrogens with zero attached hydrogens (tertiary/aromatic N) is 3. The Morgan fingerprint density at radius 2 is 1.69 bits per heavy atom. The first-order valence-electron chi connectivity index (χ1n) is 7.40. The van der Waals surface area contributed by atoms with Gasteiger partial charge in [0.05, 0.1) is 5.69 Å². The van der Waals surface area contributed by atoms with E-state index < -0.39 is 33.0 Å². The van der Waals surface area contributed by atoms with E-state index in [9.17, 15) is 26.4 Å². The summed E-state index contributed by atoms with van der Waals surface area (Å²) < 4.78 is 67.6. The van der Waals surface area contributed by atoms with Gasteiger partial charge in [-0.05, 0) is 43.2 Å². The standard InChI is InChI=1S/C15H12F3N3O4S/c16-15(17,18)26(23,24)21(13(22)10-2-3-10)11-4-6-12(7-5-11)25-14-19-8-1-9-20-14/h1,4-10H,2-3H2. The van der Waals surface area contributed by atoms with Gasteiger partial charge in [0.15, 0.2) is 0 Å². The molecule has 0 N–H and O–H groups in total. The third-order valence-corrected chi connectivity index (χ3v) is 4.94. The highest BCUT2D eigenvalue weighted by Crippen LogP contribution is 2.38. The smallest absolute Gasteiger partial charge is 0.424 e. The van der Waals surface area contributed by atoms with E-state index in [1.807, 2.05) is 0 Å². The molecule has 0 aliphatic heterocycles. The molecule has 26 heavy (non-hydrogen) atoms. The Kier molecular flexibility index (Phi) is 4.57. The van der Waals surface area contributed by atoms with Gasteiger partial charge in [0, 0.05) is 18.3 Å². The molecule has 1 aromatic carbocycles. The number of amides is 1. The number of sulfonamides is 1. The molecule has 1 fully saturated rings. The summed E-state index contributed by atoms with van der Waals surface area (Å²) in [6.45, 7) is 0. The average molecular weight is 387 g/mol. The molecule has 0 unspecified atom stereocenters. The van der Waals surface area contributed by atoms with Gasteiger partial charge >= 0.3 is 21.5 Å².